The number of rotatable bonds is 4. The van der Waals surface area contributed by atoms with Crippen LogP contribution in [0.4, 0.5) is 4.39 Å². The fourth-order valence-electron chi connectivity index (χ4n) is 1.61. The lowest BCUT2D eigenvalue weighted by molar-refractivity contribution is 0.301. The van der Waals surface area contributed by atoms with Crippen LogP contribution in [0.5, 0.6) is 5.75 Å². The number of halogens is 4. The molecule has 0 bridgehead atoms. The molecule has 5 heteroatoms. The minimum absolute atomic E-state index is 0.0887. The van der Waals surface area contributed by atoms with Crippen LogP contribution in [0.15, 0.2) is 40.9 Å². The third kappa shape index (κ3) is 3.62. The summed E-state index contributed by atoms with van der Waals surface area (Å²) in [5.41, 5.74) is 1.69. The van der Waals surface area contributed by atoms with Crippen molar-refractivity contribution < 1.29 is 9.13 Å². The van der Waals surface area contributed by atoms with Crippen LogP contribution in [0.3, 0.4) is 0 Å². The summed E-state index contributed by atoms with van der Waals surface area (Å²) in [6.45, 7) is 0.298. The van der Waals surface area contributed by atoms with Gasteiger partial charge in [-0.1, -0.05) is 29.8 Å². The van der Waals surface area contributed by atoms with E-state index >= 15 is 0 Å². The van der Waals surface area contributed by atoms with E-state index in [1.165, 1.54) is 6.07 Å². The number of hydrogen-bond donors (Lipinski definition) is 0. The summed E-state index contributed by atoms with van der Waals surface area (Å²) in [5.74, 6) is 0.615. The molecule has 0 aliphatic carbocycles. The summed E-state index contributed by atoms with van der Waals surface area (Å²) in [4.78, 5) is 0. The minimum atomic E-state index is -0.437. The van der Waals surface area contributed by atoms with Gasteiger partial charge in [-0.3, -0.25) is 0 Å². The van der Waals surface area contributed by atoms with Crippen molar-refractivity contribution in [3.8, 4) is 5.75 Å². The van der Waals surface area contributed by atoms with Gasteiger partial charge in [0, 0.05) is 5.56 Å². The molecule has 0 unspecified atom stereocenters. The number of ether oxygens (including phenoxy) is 1. The van der Waals surface area contributed by atoms with Crippen molar-refractivity contribution in [1.29, 1.82) is 0 Å². The molecule has 2 aromatic rings. The van der Waals surface area contributed by atoms with E-state index < -0.39 is 5.82 Å². The van der Waals surface area contributed by atoms with Crippen LogP contribution in [0.25, 0.3) is 0 Å². The maximum atomic E-state index is 13.0. The predicted molar refractivity (Wildman–Crippen MR) is 79.4 cm³/mol. The normalized spacial score (nSPS) is 10.5. The Labute approximate surface area is 129 Å². The van der Waals surface area contributed by atoms with Crippen LogP contribution in [0, 0.1) is 5.82 Å². The largest absolute Gasteiger partial charge is 0.487 e. The van der Waals surface area contributed by atoms with Crippen LogP contribution in [0.1, 0.15) is 11.1 Å². The summed E-state index contributed by atoms with van der Waals surface area (Å²) in [6, 6.07) is 10.2. The molecule has 0 heterocycles. The fraction of sp³-hybridized carbons (Fsp3) is 0.143. The van der Waals surface area contributed by atoms with Gasteiger partial charge in [-0.25, -0.2) is 4.39 Å². The highest BCUT2D eigenvalue weighted by molar-refractivity contribution is 9.10. The Kier molecular flexibility index (Phi) is 5.08. The summed E-state index contributed by atoms with van der Waals surface area (Å²) in [7, 11) is 0. The first-order chi connectivity index (χ1) is 9.11. The fourth-order valence-corrected chi connectivity index (χ4v) is 2.54. The molecular formula is C14H10BrCl2FO. The van der Waals surface area contributed by atoms with E-state index in [1.807, 2.05) is 18.2 Å². The van der Waals surface area contributed by atoms with Crippen molar-refractivity contribution in [3.63, 3.8) is 0 Å². The van der Waals surface area contributed by atoms with Gasteiger partial charge in [0.05, 0.1) is 15.4 Å². The molecule has 100 valence electrons. The van der Waals surface area contributed by atoms with Crippen molar-refractivity contribution in [3.05, 3.63) is 62.8 Å². The molecule has 1 nitrogen and oxygen atoms in total. The molecule has 0 atom stereocenters. The number of alkyl halides is 1. The maximum Gasteiger partial charge on any atom is 0.141 e. The lowest BCUT2D eigenvalue weighted by atomic mass is 10.2. The van der Waals surface area contributed by atoms with Gasteiger partial charge >= 0.3 is 0 Å². The van der Waals surface area contributed by atoms with E-state index in [4.69, 9.17) is 27.9 Å². The number of hydrogen-bond acceptors (Lipinski definition) is 1. The van der Waals surface area contributed by atoms with Crippen molar-refractivity contribution in [2.24, 2.45) is 0 Å². The first-order valence-corrected chi connectivity index (χ1v) is 7.22. The van der Waals surface area contributed by atoms with E-state index in [2.05, 4.69) is 15.9 Å². The SMILES string of the molecule is Fc1ccc(COc2c(Br)cccc2CCl)cc1Cl. The molecule has 0 aliphatic heterocycles. The van der Waals surface area contributed by atoms with Gasteiger partial charge in [-0.15, -0.1) is 11.6 Å². The molecular weight excluding hydrogens is 354 g/mol. The van der Waals surface area contributed by atoms with Crippen LogP contribution in [-0.2, 0) is 12.5 Å². The molecule has 2 aromatic carbocycles. The average molecular weight is 364 g/mol. The molecule has 0 saturated carbocycles. The zero-order chi connectivity index (χ0) is 13.8. The molecule has 0 radical (unpaired) electrons. The Bertz CT molecular complexity index is 590. The lowest BCUT2D eigenvalue weighted by Gasteiger charge is -2.12. The average Bonchev–Trinajstić information content (AvgIpc) is 2.41. The lowest BCUT2D eigenvalue weighted by Crippen LogP contribution is -1.99. The van der Waals surface area contributed by atoms with Crippen LogP contribution in [-0.4, -0.2) is 0 Å². The summed E-state index contributed by atoms with van der Waals surface area (Å²) >= 11 is 15.0. The summed E-state index contributed by atoms with van der Waals surface area (Å²) in [5, 5.41) is 0.0887. The van der Waals surface area contributed by atoms with E-state index in [0.29, 0.717) is 18.2 Å². The molecule has 0 saturated heterocycles. The zero-order valence-electron chi connectivity index (χ0n) is 9.80. The predicted octanol–water partition coefficient (Wildman–Crippen LogP) is 5.56. The third-order valence-corrected chi connectivity index (χ3v) is 3.76. The van der Waals surface area contributed by atoms with Gasteiger partial charge in [-0.2, -0.15) is 0 Å². The van der Waals surface area contributed by atoms with Crippen LogP contribution >= 0.6 is 39.1 Å². The van der Waals surface area contributed by atoms with E-state index in [0.717, 1.165) is 15.6 Å². The van der Waals surface area contributed by atoms with Crippen molar-refractivity contribution in [2.75, 3.05) is 0 Å². The summed E-state index contributed by atoms with van der Waals surface area (Å²) in [6.07, 6.45) is 0. The minimum Gasteiger partial charge on any atom is -0.487 e. The third-order valence-electron chi connectivity index (χ3n) is 2.56. The van der Waals surface area contributed by atoms with Gasteiger partial charge < -0.3 is 4.74 Å². The smallest absolute Gasteiger partial charge is 0.141 e. The highest BCUT2D eigenvalue weighted by Gasteiger charge is 2.08. The monoisotopic (exact) mass is 362 g/mol. The Morgan fingerprint density at radius 3 is 2.68 bits per heavy atom. The highest BCUT2D eigenvalue weighted by Crippen LogP contribution is 2.31. The molecule has 0 fully saturated rings. The van der Waals surface area contributed by atoms with E-state index in [-0.39, 0.29) is 5.02 Å². The highest BCUT2D eigenvalue weighted by atomic mass is 79.9. The first kappa shape index (κ1) is 14.6. The van der Waals surface area contributed by atoms with E-state index in [1.54, 1.807) is 12.1 Å². The van der Waals surface area contributed by atoms with Crippen LogP contribution in [0.2, 0.25) is 5.02 Å². The van der Waals surface area contributed by atoms with Crippen LogP contribution < -0.4 is 4.74 Å². The number of para-hydroxylation sites is 1. The Balaban J connectivity index is 2.16. The Hall–Kier alpha value is -0.770. The van der Waals surface area contributed by atoms with Gasteiger partial charge in [0.2, 0.25) is 0 Å². The quantitative estimate of drug-likeness (QED) is 0.646. The Morgan fingerprint density at radius 2 is 2.00 bits per heavy atom. The number of benzene rings is 2. The van der Waals surface area contributed by atoms with Gasteiger partial charge in [-0.05, 0) is 39.7 Å². The second-order valence-corrected chi connectivity index (χ2v) is 5.43. The molecule has 0 spiro atoms. The molecule has 0 aromatic heterocycles. The molecule has 19 heavy (non-hydrogen) atoms. The molecule has 0 aliphatic rings. The van der Waals surface area contributed by atoms with Crippen molar-refractivity contribution in [2.45, 2.75) is 12.5 Å². The molecule has 0 N–H and O–H groups in total. The summed E-state index contributed by atoms with van der Waals surface area (Å²) < 4.78 is 19.6. The first-order valence-electron chi connectivity index (χ1n) is 5.52. The van der Waals surface area contributed by atoms with Gasteiger partial charge in [0.25, 0.3) is 0 Å². The zero-order valence-corrected chi connectivity index (χ0v) is 12.9. The van der Waals surface area contributed by atoms with E-state index in [9.17, 15) is 4.39 Å². The van der Waals surface area contributed by atoms with Crippen molar-refractivity contribution in [1.82, 2.24) is 0 Å². The second-order valence-electron chi connectivity index (χ2n) is 3.90. The molecule has 0 amide bonds. The Morgan fingerprint density at radius 1 is 1.21 bits per heavy atom. The molecule has 2 rings (SSSR count). The standard InChI is InChI=1S/C14H10BrCl2FO/c15-11-3-1-2-10(7-16)14(11)19-8-9-4-5-13(18)12(17)6-9/h1-6H,7-8H2. The second kappa shape index (κ2) is 6.60. The van der Waals surface area contributed by atoms with Crippen molar-refractivity contribution >= 4 is 39.1 Å². The topological polar surface area (TPSA) is 9.23 Å². The maximum absolute atomic E-state index is 13.0. The van der Waals surface area contributed by atoms with Gasteiger partial charge in [0.1, 0.15) is 18.2 Å². The van der Waals surface area contributed by atoms with Gasteiger partial charge in [0.15, 0.2) is 0 Å².